The predicted octanol–water partition coefficient (Wildman–Crippen LogP) is 3.32. The number of nitrogens with two attached hydrogens (primary N) is 1. The van der Waals surface area contributed by atoms with Gasteiger partial charge in [0.05, 0.1) is 10.7 Å². The first-order chi connectivity index (χ1) is 8.60. The SMILES string of the molecule is CSc1nc(N)cc(Nc2c(F)cccc2Cl)n1. The van der Waals surface area contributed by atoms with Crippen molar-refractivity contribution in [2.24, 2.45) is 0 Å². The molecule has 1 aromatic carbocycles. The van der Waals surface area contributed by atoms with Gasteiger partial charge in [0.15, 0.2) is 5.16 Å². The number of rotatable bonds is 3. The smallest absolute Gasteiger partial charge is 0.191 e. The monoisotopic (exact) mass is 284 g/mol. The average molecular weight is 285 g/mol. The Bertz CT molecular complexity index is 559. The molecule has 0 unspecified atom stereocenters. The zero-order valence-electron chi connectivity index (χ0n) is 9.45. The minimum atomic E-state index is -0.453. The van der Waals surface area contributed by atoms with Crippen molar-refractivity contribution in [1.29, 1.82) is 0 Å². The minimum Gasteiger partial charge on any atom is -0.383 e. The Morgan fingerprint density at radius 1 is 1.39 bits per heavy atom. The van der Waals surface area contributed by atoms with Gasteiger partial charge in [-0.1, -0.05) is 29.4 Å². The summed E-state index contributed by atoms with van der Waals surface area (Å²) in [4.78, 5) is 8.17. The van der Waals surface area contributed by atoms with Gasteiger partial charge in [-0.15, -0.1) is 0 Å². The van der Waals surface area contributed by atoms with Gasteiger partial charge in [0.1, 0.15) is 17.5 Å². The summed E-state index contributed by atoms with van der Waals surface area (Å²) < 4.78 is 13.6. The zero-order chi connectivity index (χ0) is 13.1. The number of para-hydroxylation sites is 1. The molecule has 0 aliphatic carbocycles. The maximum absolute atomic E-state index is 13.6. The molecule has 1 aromatic heterocycles. The Morgan fingerprint density at radius 2 is 2.17 bits per heavy atom. The molecule has 0 saturated heterocycles. The van der Waals surface area contributed by atoms with Crippen molar-refractivity contribution in [2.75, 3.05) is 17.3 Å². The molecule has 0 aliphatic rings. The van der Waals surface area contributed by atoms with E-state index in [2.05, 4.69) is 15.3 Å². The van der Waals surface area contributed by atoms with E-state index in [0.29, 0.717) is 16.8 Å². The molecule has 0 spiro atoms. The number of nitrogens with zero attached hydrogens (tertiary/aromatic N) is 2. The number of hydrogen-bond donors (Lipinski definition) is 2. The molecule has 3 N–H and O–H groups in total. The van der Waals surface area contributed by atoms with Crippen molar-refractivity contribution >= 4 is 40.7 Å². The lowest BCUT2D eigenvalue weighted by molar-refractivity contribution is 0.632. The van der Waals surface area contributed by atoms with Gasteiger partial charge < -0.3 is 11.1 Å². The van der Waals surface area contributed by atoms with E-state index in [0.717, 1.165) is 0 Å². The lowest BCUT2D eigenvalue weighted by Crippen LogP contribution is -2.01. The first kappa shape index (κ1) is 12.9. The maximum atomic E-state index is 13.6. The standard InChI is InChI=1S/C11H10ClFN4S/c1-18-11-15-8(14)5-9(17-11)16-10-6(12)3-2-4-7(10)13/h2-5H,1H3,(H3,14,15,16,17). The van der Waals surface area contributed by atoms with Gasteiger partial charge in [-0.3, -0.25) is 0 Å². The Hall–Kier alpha value is -1.53. The van der Waals surface area contributed by atoms with Crippen LogP contribution in [0.5, 0.6) is 0 Å². The Balaban J connectivity index is 2.37. The van der Waals surface area contributed by atoms with E-state index in [1.807, 2.05) is 6.26 Å². The van der Waals surface area contributed by atoms with Crippen LogP contribution >= 0.6 is 23.4 Å². The second-order valence-corrected chi connectivity index (χ2v) is 4.57. The summed E-state index contributed by atoms with van der Waals surface area (Å²) >= 11 is 7.26. The summed E-state index contributed by atoms with van der Waals surface area (Å²) in [6.45, 7) is 0. The van der Waals surface area contributed by atoms with Gasteiger partial charge in [-0.25, -0.2) is 14.4 Å². The van der Waals surface area contributed by atoms with Crippen molar-refractivity contribution in [2.45, 2.75) is 5.16 Å². The summed E-state index contributed by atoms with van der Waals surface area (Å²) in [6, 6.07) is 5.95. The zero-order valence-corrected chi connectivity index (χ0v) is 11.0. The molecule has 7 heteroatoms. The van der Waals surface area contributed by atoms with Crippen molar-refractivity contribution < 1.29 is 4.39 Å². The van der Waals surface area contributed by atoms with Crippen LogP contribution in [0.2, 0.25) is 5.02 Å². The van der Waals surface area contributed by atoms with Crippen molar-refractivity contribution in [3.05, 3.63) is 35.1 Å². The summed E-state index contributed by atoms with van der Waals surface area (Å²) in [6.07, 6.45) is 1.83. The number of nitrogens with one attached hydrogen (secondary N) is 1. The lowest BCUT2D eigenvalue weighted by atomic mass is 10.3. The van der Waals surface area contributed by atoms with Gasteiger partial charge in [0.2, 0.25) is 0 Å². The molecule has 0 saturated carbocycles. The number of hydrogen-bond acceptors (Lipinski definition) is 5. The third kappa shape index (κ3) is 2.83. The van der Waals surface area contributed by atoms with Crippen LogP contribution in [-0.4, -0.2) is 16.2 Å². The molecule has 2 aromatic rings. The van der Waals surface area contributed by atoms with Gasteiger partial charge >= 0.3 is 0 Å². The number of benzene rings is 1. The third-order valence-electron chi connectivity index (χ3n) is 2.12. The molecule has 2 rings (SSSR count). The van der Waals surface area contributed by atoms with Gasteiger partial charge in [0.25, 0.3) is 0 Å². The largest absolute Gasteiger partial charge is 0.383 e. The van der Waals surface area contributed by atoms with E-state index in [9.17, 15) is 4.39 Å². The highest BCUT2D eigenvalue weighted by molar-refractivity contribution is 7.98. The predicted molar refractivity (Wildman–Crippen MR) is 72.9 cm³/mol. The fourth-order valence-corrected chi connectivity index (χ4v) is 1.94. The number of halogens is 2. The van der Waals surface area contributed by atoms with Crippen LogP contribution in [0.25, 0.3) is 0 Å². The van der Waals surface area contributed by atoms with E-state index in [1.165, 1.54) is 30.0 Å². The van der Waals surface area contributed by atoms with E-state index in [4.69, 9.17) is 17.3 Å². The summed E-state index contributed by atoms with van der Waals surface area (Å²) in [5, 5.41) is 3.59. The van der Waals surface area contributed by atoms with Crippen LogP contribution in [-0.2, 0) is 0 Å². The van der Waals surface area contributed by atoms with Crippen LogP contribution in [0.4, 0.5) is 21.7 Å². The van der Waals surface area contributed by atoms with E-state index in [-0.39, 0.29) is 10.7 Å². The molecule has 0 aliphatic heterocycles. The van der Waals surface area contributed by atoms with Crippen LogP contribution < -0.4 is 11.1 Å². The number of anilines is 3. The first-order valence-electron chi connectivity index (χ1n) is 4.99. The lowest BCUT2D eigenvalue weighted by Gasteiger charge is -2.09. The van der Waals surface area contributed by atoms with Gasteiger partial charge in [0, 0.05) is 6.07 Å². The van der Waals surface area contributed by atoms with E-state index >= 15 is 0 Å². The molecule has 1 heterocycles. The highest BCUT2D eigenvalue weighted by atomic mass is 35.5. The number of thioether (sulfide) groups is 1. The Kier molecular flexibility index (Phi) is 3.88. The molecular weight excluding hydrogens is 275 g/mol. The maximum Gasteiger partial charge on any atom is 0.191 e. The van der Waals surface area contributed by atoms with E-state index in [1.54, 1.807) is 6.07 Å². The van der Waals surface area contributed by atoms with Crippen molar-refractivity contribution in [3.63, 3.8) is 0 Å². The molecule has 0 bridgehead atoms. The summed E-state index contributed by atoms with van der Waals surface area (Å²) in [5.41, 5.74) is 5.80. The van der Waals surface area contributed by atoms with Crippen LogP contribution in [0.3, 0.4) is 0 Å². The normalized spacial score (nSPS) is 10.4. The second kappa shape index (κ2) is 5.41. The molecule has 18 heavy (non-hydrogen) atoms. The van der Waals surface area contributed by atoms with E-state index < -0.39 is 5.82 Å². The Labute approximate surface area is 113 Å². The number of nitrogen functional groups attached to an aromatic ring is 1. The van der Waals surface area contributed by atoms with Gasteiger partial charge in [-0.05, 0) is 18.4 Å². The average Bonchev–Trinajstić information content (AvgIpc) is 2.33. The van der Waals surface area contributed by atoms with Crippen LogP contribution in [0, 0.1) is 5.82 Å². The van der Waals surface area contributed by atoms with Gasteiger partial charge in [-0.2, -0.15) is 0 Å². The molecule has 0 amide bonds. The highest BCUT2D eigenvalue weighted by Crippen LogP contribution is 2.28. The van der Waals surface area contributed by atoms with Crippen molar-refractivity contribution in [1.82, 2.24) is 9.97 Å². The summed E-state index contributed by atoms with van der Waals surface area (Å²) in [7, 11) is 0. The number of aromatic nitrogens is 2. The Morgan fingerprint density at radius 3 is 2.83 bits per heavy atom. The second-order valence-electron chi connectivity index (χ2n) is 3.39. The molecular formula is C11H10ClFN4S. The summed E-state index contributed by atoms with van der Waals surface area (Å²) in [5.74, 6) is 0.258. The fraction of sp³-hybridized carbons (Fsp3) is 0.0909. The van der Waals surface area contributed by atoms with Crippen LogP contribution in [0.15, 0.2) is 29.4 Å². The first-order valence-corrected chi connectivity index (χ1v) is 6.60. The molecule has 94 valence electrons. The molecule has 0 fully saturated rings. The van der Waals surface area contributed by atoms with Crippen molar-refractivity contribution in [3.8, 4) is 0 Å². The fourth-order valence-electron chi connectivity index (χ4n) is 1.34. The quantitative estimate of drug-likeness (QED) is 0.669. The van der Waals surface area contributed by atoms with Crippen LogP contribution in [0.1, 0.15) is 0 Å². The minimum absolute atomic E-state index is 0.171. The molecule has 0 radical (unpaired) electrons. The molecule has 0 atom stereocenters. The highest BCUT2D eigenvalue weighted by Gasteiger charge is 2.09. The third-order valence-corrected chi connectivity index (χ3v) is 2.99. The molecule has 4 nitrogen and oxygen atoms in total. The topological polar surface area (TPSA) is 63.8 Å².